The van der Waals surface area contributed by atoms with Gasteiger partial charge in [0, 0.05) is 5.92 Å². The summed E-state index contributed by atoms with van der Waals surface area (Å²) < 4.78 is 4.56. The fourth-order valence-electron chi connectivity index (χ4n) is 1.20. The van der Waals surface area contributed by atoms with Gasteiger partial charge in [0.25, 0.3) is 0 Å². The lowest BCUT2D eigenvalue weighted by Crippen LogP contribution is -2.17. The number of allylic oxidation sites excluding steroid dienone is 1. The van der Waals surface area contributed by atoms with Crippen molar-refractivity contribution in [1.29, 1.82) is 0 Å². The Hall–Kier alpha value is -1.12. The molecule has 1 aliphatic carbocycles. The molecule has 0 amide bonds. The minimum absolute atomic E-state index is 0.0492. The molecule has 1 saturated carbocycles. The van der Waals surface area contributed by atoms with E-state index in [1.165, 1.54) is 7.11 Å². The summed E-state index contributed by atoms with van der Waals surface area (Å²) >= 11 is 0. The van der Waals surface area contributed by atoms with E-state index in [2.05, 4.69) is 4.74 Å². The maximum Gasteiger partial charge on any atom is 0.341 e. The Bertz CT molecular complexity index is 268. The first-order chi connectivity index (χ1) is 6.07. The lowest BCUT2D eigenvalue weighted by atomic mass is 10.0. The van der Waals surface area contributed by atoms with Gasteiger partial charge in [-0.1, -0.05) is 5.57 Å². The molecule has 0 aliphatic heterocycles. The molecule has 3 heteroatoms. The largest absolute Gasteiger partial charge is 0.465 e. The van der Waals surface area contributed by atoms with Crippen molar-refractivity contribution < 1.29 is 14.3 Å². The van der Waals surface area contributed by atoms with Crippen LogP contribution in [0.3, 0.4) is 0 Å². The standard InChI is InChI=1S/C10H14O3/c1-6(2)8(10(12)13-3)9(11)7-4-5-7/h7H,4-5H2,1-3H3. The monoisotopic (exact) mass is 182 g/mol. The van der Waals surface area contributed by atoms with Gasteiger partial charge >= 0.3 is 5.97 Å². The van der Waals surface area contributed by atoms with E-state index in [4.69, 9.17) is 0 Å². The summed E-state index contributed by atoms with van der Waals surface area (Å²) in [5.41, 5.74) is 0.980. The Balaban J connectivity index is 2.85. The van der Waals surface area contributed by atoms with Crippen LogP contribution in [0.25, 0.3) is 0 Å². The van der Waals surface area contributed by atoms with Crippen molar-refractivity contribution in [3.63, 3.8) is 0 Å². The van der Waals surface area contributed by atoms with Gasteiger partial charge in [0.05, 0.1) is 7.11 Å². The molecule has 0 spiro atoms. The van der Waals surface area contributed by atoms with Gasteiger partial charge in [-0.15, -0.1) is 0 Å². The van der Waals surface area contributed by atoms with Crippen molar-refractivity contribution in [3.05, 3.63) is 11.1 Å². The summed E-state index contributed by atoms with van der Waals surface area (Å²) in [5.74, 6) is -0.479. The molecule has 0 aromatic carbocycles. The van der Waals surface area contributed by atoms with Gasteiger partial charge < -0.3 is 4.74 Å². The van der Waals surface area contributed by atoms with Gasteiger partial charge in [0.15, 0.2) is 5.78 Å². The molecule has 13 heavy (non-hydrogen) atoms. The maximum absolute atomic E-state index is 11.6. The first-order valence-corrected chi connectivity index (χ1v) is 4.38. The number of carbonyl (C=O) groups excluding carboxylic acids is 2. The third kappa shape index (κ3) is 2.17. The summed E-state index contributed by atoms with van der Waals surface area (Å²) in [6.07, 6.45) is 1.82. The minimum Gasteiger partial charge on any atom is -0.465 e. The zero-order valence-electron chi connectivity index (χ0n) is 8.22. The van der Waals surface area contributed by atoms with Crippen LogP contribution in [-0.4, -0.2) is 18.9 Å². The topological polar surface area (TPSA) is 43.4 Å². The number of ketones is 1. The summed E-state index contributed by atoms with van der Waals surface area (Å²) in [6, 6.07) is 0. The summed E-state index contributed by atoms with van der Waals surface area (Å²) in [7, 11) is 1.30. The zero-order chi connectivity index (χ0) is 10.0. The first-order valence-electron chi connectivity index (χ1n) is 4.38. The molecule has 0 atom stereocenters. The molecule has 0 aromatic heterocycles. The number of hydrogen-bond acceptors (Lipinski definition) is 3. The average molecular weight is 182 g/mol. The van der Waals surface area contributed by atoms with Crippen LogP contribution in [0.15, 0.2) is 11.1 Å². The minimum atomic E-state index is -0.503. The number of carbonyl (C=O) groups is 2. The van der Waals surface area contributed by atoms with Crippen molar-refractivity contribution in [2.75, 3.05) is 7.11 Å². The second kappa shape index (κ2) is 3.73. The first kappa shape index (κ1) is 9.96. The number of esters is 1. The van der Waals surface area contributed by atoms with Crippen LogP contribution in [0.5, 0.6) is 0 Å². The second-order valence-corrected chi connectivity index (χ2v) is 3.51. The molecule has 1 rings (SSSR count). The highest BCUT2D eigenvalue weighted by Crippen LogP contribution is 2.33. The van der Waals surface area contributed by atoms with Crippen LogP contribution in [0, 0.1) is 5.92 Å². The molecular formula is C10H14O3. The number of methoxy groups -OCH3 is 1. The molecule has 0 radical (unpaired) electrons. The highest BCUT2D eigenvalue weighted by Gasteiger charge is 2.35. The van der Waals surface area contributed by atoms with E-state index >= 15 is 0 Å². The van der Waals surface area contributed by atoms with Gasteiger partial charge in [-0.05, 0) is 26.7 Å². The number of hydrogen-bond donors (Lipinski definition) is 0. The number of Topliss-reactive ketones (excluding diaryl/α,β-unsaturated/α-hetero) is 1. The molecule has 0 unspecified atom stereocenters. The van der Waals surface area contributed by atoms with E-state index in [1.54, 1.807) is 13.8 Å². The lowest BCUT2D eigenvalue weighted by molar-refractivity contribution is -0.138. The smallest absolute Gasteiger partial charge is 0.341 e. The van der Waals surface area contributed by atoms with Crippen molar-refractivity contribution in [1.82, 2.24) is 0 Å². The Morgan fingerprint density at radius 3 is 2.08 bits per heavy atom. The lowest BCUT2D eigenvalue weighted by Gasteiger charge is -2.05. The third-order valence-electron chi connectivity index (χ3n) is 2.08. The second-order valence-electron chi connectivity index (χ2n) is 3.51. The van der Waals surface area contributed by atoms with E-state index in [9.17, 15) is 9.59 Å². The predicted molar refractivity (Wildman–Crippen MR) is 48.1 cm³/mol. The zero-order valence-corrected chi connectivity index (χ0v) is 8.22. The van der Waals surface area contributed by atoms with Crippen LogP contribution in [-0.2, 0) is 14.3 Å². The van der Waals surface area contributed by atoms with Crippen molar-refractivity contribution in [2.45, 2.75) is 26.7 Å². The Kier molecular flexibility index (Phi) is 2.86. The maximum atomic E-state index is 11.6. The van der Waals surface area contributed by atoms with Crippen molar-refractivity contribution in [3.8, 4) is 0 Å². The fourth-order valence-corrected chi connectivity index (χ4v) is 1.20. The number of rotatable bonds is 3. The van der Waals surface area contributed by atoms with E-state index in [0.717, 1.165) is 18.4 Å². The van der Waals surface area contributed by atoms with Gasteiger partial charge in [0.2, 0.25) is 0 Å². The predicted octanol–water partition coefficient (Wildman–Crippen LogP) is 1.47. The fraction of sp³-hybridized carbons (Fsp3) is 0.600. The van der Waals surface area contributed by atoms with Gasteiger partial charge in [-0.3, -0.25) is 4.79 Å². The van der Waals surface area contributed by atoms with E-state index in [0.29, 0.717) is 0 Å². The molecule has 0 N–H and O–H groups in total. The molecule has 72 valence electrons. The summed E-state index contributed by atoms with van der Waals surface area (Å²) in [5, 5.41) is 0. The van der Waals surface area contributed by atoms with Crippen LogP contribution in [0.4, 0.5) is 0 Å². The summed E-state index contributed by atoms with van der Waals surface area (Å²) in [6.45, 7) is 3.51. The van der Waals surface area contributed by atoms with Crippen LogP contribution in [0.1, 0.15) is 26.7 Å². The quantitative estimate of drug-likeness (QED) is 0.287. The van der Waals surface area contributed by atoms with E-state index in [1.807, 2.05) is 0 Å². The molecule has 0 aromatic rings. The molecular weight excluding hydrogens is 168 g/mol. The van der Waals surface area contributed by atoms with Crippen LogP contribution in [0.2, 0.25) is 0 Å². The van der Waals surface area contributed by atoms with E-state index in [-0.39, 0.29) is 17.3 Å². The summed E-state index contributed by atoms with van der Waals surface area (Å²) in [4.78, 5) is 22.8. The molecule has 1 aliphatic rings. The molecule has 0 saturated heterocycles. The Morgan fingerprint density at radius 1 is 1.23 bits per heavy atom. The van der Waals surface area contributed by atoms with Crippen LogP contribution < -0.4 is 0 Å². The van der Waals surface area contributed by atoms with Crippen LogP contribution >= 0.6 is 0 Å². The Labute approximate surface area is 77.8 Å². The highest BCUT2D eigenvalue weighted by atomic mass is 16.5. The normalized spacial score (nSPS) is 15.0. The molecule has 0 heterocycles. The molecule has 3 nitrogen and oxygen atoms in total. The van der Waals surface area contributed by atoms with E-state index < -0.39 is 5.97 Å². The Morgan fingerprint density at radius 2 is 1.77 bits per heavy atom. The number of ether oxygens (including phenoxy) is 1. The highest BCUT2D eigenvalue weighted by molar-refractivity contribution is 6.19. The van der Waals surface area contributed by atoms with Crippen molar-refractivity contribution >= 4 is 11.8 Å². The average Bonchev–Trinajstić information content (AvgIpc) is 2.85. The molecule has 0 bridgehead atoms. The van der Waals surface area contributed by atoms with Gasteiger partial charge in [0.1, 0.15) is 5.57 Å². The van der Waals surface area contributed by atoms with Crippen molar-refractivity contribution in [2.24, 2.45) is 5.92 Å². The van der Waals surface area contributed by atoms with Gasteiger partial charge in [-0.2, -0.15) is 0 Å². The third-order valence-corrected chi connectivity index (χ3v) is 2.08. The van der Waals surface area contributed by atoms with Gasteiger partial charge in [-0.25, -0.2) is 4.79 Å². The SMILES string of the molecule is COC(=O)C(C(=O)C1CC1)=C(C)C. The molecule has 1 fully saturated rings.